The van der Waals surface area contributed by atoms with Gasteiger partial charge >= 0.3 is 0 Å². The van der Waals surface area contributed by atoms with Crippen molar-refractivity contribution in [2.75, 3.05) is 5.73 Å². The summed E-state index contributed by atoms with van der Waals surface area (Å²) in [5.41, 5.74) is 5.78. The van der Waals surface area contributed by atoms with Crippen LogP contribution < -0.4 is 10.5 Å². The molecule has 1 saturated carbocycles. The minimum Gasteiger partial charge on any atom is -0.381 e. The van der Waals surface area contributed by atoms with E-state index in [1.165, 1.54) is 19.0 Å². The van der Waals surface area contributed by atoms with E-state index in [1.807, 2.05) is 6.92 Å². The number of sulfonamides is 1. The van der Waals surface area contributed by atoms with Gasteiger partial charge in [-0.15, -0.1) is 0 Å². The molecular weight excluding hydrogens is 288 g/mol. The maximum Gasteiger partial charge on any atom is 0.246 e. The molecule has 0 bridgehead atoms. The second-order valence-electron chi connectivity index (χ2n) is 5.98. The second kappa shape index (κ2) is 6.79. The van der Waals surface area contributed by atoms with Crippen LogP contribution in [0.25, 0.3) is 0 Å². The predicted octanol–water partition coefficient (Wildman–Crippen LogP) is 2.12. The zero-order valence-electron chi connectivity index (χ0n) is 12.9. The lowest BCUT2D eigenvalue weighted by Crippen LogP contribution is -2.38. The summed E-state index contributed by atoms with van der Waals surface area (Å²) < 4.78 is 29.5. The Balaban J connectivity index is 2.17. The third kappa shape index (κ3) is 3.97. The van der Waals surface area contributed by atoms with Crippen molar-refractivity contribution in [3.05, 3.63) is 6.20 Å². The van der Waals surface area contributed by atoms with Gasteiger partial charge in [0.15, 0.2) is 5.82 Å². The van der Waals surface area contributed by atoms with E-state index >= 15 is 0 Å². The van der Waals surface area contributed by atoms with Crippen LogP contribution in [0.15, 0.2) is 11.1 Å². The number of anilines is 1. The normalized spacial score (nSPS) is 23.9. The van der Waals surface area contributed by atoms with Crippen LogP contribution in [-0.2, 0) is 16.6 Å². The molecule has 120 valence electrons. The molecule has 2 rings (SSSR count). The van der Waals surface area contributed by atoms with Gasteiger partial charge < -0.3 is 5.73 Å². The van der Waals surface area contributed by atoms with Crippen LogP contribution in [0.2, 0.25) is 0 Å². The molecule has 1 heterocycles. The lowest BCUT2D eigenvalue weighted by atomic mass is 9.98. The molecule has 2 atom stereocenters. The molecule has 1 aromatic rings. The minimum absolute atomic E-state index is 0.00794. The van der Waals surface area contributed by atoms with Crippen molar-refractivity contribution < 1.29 is 8.42 Å². The van der Waals surface area contributed by atoms with E-state index in [0.29, 0.717) is 12.5 Å². The standard InChI is InChI=1S/C14H26N4O2S/c1-3-9-18-10-13(14(15)16-18)21(19,20)17-12-8-6-4-5-7-11(12)2/h10-12,17H,3-9H2,1-2H3,(H2,15,16). The fourth-order valence-electron chi connectivity index (χ4n) is 2.90. The Labute approximate surface area is 127 Å². The Bertz CT molecular complexity index is 568. The monoisotopic (exact) mass is 314 g/mol. The van der Waals surface area contributed by atoms with Gasteiger partial charge in [-0.2, -0.15) is 5.10 Å². The van der Waals surface area contributed by atoms with Crippen LogP contribution in [0.4, 0.5) is 5.82 Å². The highest BCUT2D eigenvalue weighted by atomic mass is 32.2. The van der Waals surface area contributed by atoms with E-state index in [0.717, 1.165) is 25.7 Å². The first kappa shape index (κ1) is 16.3. The Morgan fingerprint density at radius 1 is 1.38 bits per heavy atom. The van der Waals surface area contributed by atoms with E-state index in [9.17, 15) is 8.42 Å². The van der Waals surface area contributed by atoms with Crippen molar-refractivity contribution >= 4 is 15.8 Å². The lowest BCUT2D eigenvalue weighted by molar-refractivity contribution is 0.399. The van der Waals surface area contributed by atoms with E-state index in [4.69, 9.17) is 5.73 Å². The van der Waals surface area contributed by atoms with Gasteiger partial charge in [0.1, 0.15) is 4.90 Å². The Morgan fingerprint density at radius 2 is 2.10 bits per heavy atom. The molecule has 0 radical (unpaired) electrons. The molecule has 0 spiro atoms. The third-order valence-corrected chi connectivity index (χ3v) is 5.67. The molecule has 1 fully saturated rings. The van der Waals surface area contributed by atoms with E-state index < -0.39 is 10.0 Å². The molecule has 0 amide bonds. The number of hydrogen-bond acceptors (Lipinski definition) is 4. The van der Waals surface area contributed by atoms with Crippen LogP contribution in [0, 0.1) is 5.92 Å². The molecule has 2 unspecified atom stereocenters. The topological polar surface area (TPSA) is 90.0 Å². The van der Waals surface area contributed by atoms with Gasteiger partial charge in [-0.1, -0.05) is 33.1 Å². The molecule has 6 nitrogen and oxygen atoms in total. The molecule has 1 aliphatic rings. The maximum absolute atomic E-state index is 12.6. The molecule has 21 heavy (non-hydrogen) atoms. The molecule has 0 saturated heterocycles. The zero-order valence-corrected chi connectivity index (χ0v) is 13.7. The minimum atomic E-state index is -3.60. The van der Waals surface area contributed by atoms with Gasteiger partial charge in [-0.05, 0) is 25.2 Å². The molecule has 3 N–H and O–H groups in total. The van der Waals surface area contributed by atoms with Gasteiger partial charge in [0.25, 0.3) is 0 Å². The SMILES string of the molecule is CCCn1cc(S(=O)(=O)NC2CCCCCC2C)c(N)n1. The Morgan fingerprint density at radius 3 is 2.81 bits per heavy atom. The second-order valence-corrected chi connectivity index (χ2v) is 7.67. The number of nitrogen functional groups attached to an aromatic ring is 1. The predicted molar refractivity (Wildman–Crippen MR) is 83.3 cm³/mol. The van der Waals surface area contributed by atoms with Gasteiger partial charge in [0, 0.05) is 18.8 Å². The summed E-state index contributed by atoms with van der Waals surface area (Å²) in [5, 5.41) is 4.07. The van der Waals surface area contributed by atoms with Crippen molar-refractivity contribution in [1.29, 1.82) is 0 Å². The van der Waals surface area contributed by atoms with Crippen LogP contribution in [0.5, 0.6) is 0 Å². The number of nitrogens with zero attached hydrogens (tertiary/aromatic N) is 2. The summed E-state index contributed by atoms with van der Waals surface area (Å²) in [7, 11) is -3.60. The fourth-order valence-corrected chi connectivity index (χ4v) is 4.35. The van der Waals surface area contributed by atoms with Gasteiger partial charge in [0.2, 0.25) is 10.0 Å². The van der Waals surface area contributed by atoms with E-state index in [-0.39, 0.29) is 16.8 Å². The number of aryl methyl sites for hydroxylation is 1. The van der Waals surface area contributed by atoms with Crippen molar-refractivity contribution in [1.82, 2.24) is 14.5 Å². The van der Waals surface area contributed by atoms with Crippen LogP contribution in [-0.4, -0.2) is 24.2 Å². The first-order chi connectivity index (χ1) is 9.94. The largest absolute Gasteiger partial charge is 0.381 e. The summed E-state index contributed by atoms with van der Waals surface area (Å²) in [4.78, 5) is 0.104. The molecule has 7 heteroatoms. The third-order valence-electron chi connectivity index (χ3n) is 4.17. The highest BCUT2D eigenvalue weighted by molar-refractivity contribution is 7.89. The van der Waals surface area contributed by atoms with Gasteiger partial charge in [-0.25, -0.2) is 13.1 Å². The summed E-state index contributed by atoms with van der Waals surface area (Å²) in [6.07, 6.45) is 7.80. The van der Waals surface area contributed by atoms with Gasteiger partial charge in [-0.3, -0.25) is 4.68 Å². The van der Waals surface area contributed by atoms with Crippen molar-refractivity contribution in [2.24, 2.45) is 5.92 Å². The Hall–Kier alpha value is -1.08. The number of nitrogens with two attached hydrogens (primary N) is 1. The zero-order chi connectivity index (χ0) is 15.5. The maximum atomic E-state index is 12.6. The van der Waals surface area contributed by atoms with Crippen molar-refractivity contribution in [2.45, 2.75) is 69.9 Å². The number of hydrogen-bond donors (Lipinski definition) is 2. The van der Waals surface area contributed by atoms with E-state index in [2.05, 4.69) is 16.7 Å². The molecule has 1 aliphatic carbocycles. The first-order valence-electron chi connectivity index (χ1n) is 7.79. The summed E-state index contributed by atoms with van der Waals surface area (Å²) >= 11 is 0. The summed E-state index contributed by atoms with van der Waals surface area (Å²) in [5.74, 6) is 0.436. The average Bonchev–Trinajstić information content (AvgIpc) is 2.67. The number of rotatable bonds is 5. The Kier molecular flexibility index (Phi) is 5.27. The summed E-state index contributed by atoms with van der Waals surface area (Å²) in [6, 6.07) is -0.00794. The van der Waals surface area contributed by atoms with Crippen LogP contribution in [0.3, 0.4) is 0 Å². The fraction of sp³-hybridized carbons (Fsp3) is 0.786. The summed E-state index contributed by atoms with van der Waals surface area (Å²) in [6.45, 7) is 4.79. The first-order valence-corrected chi connectivity index (χ1v) is 9.27. The smallest absolute Gasteiger partial charge is 0.246 e. The molecular formula is C14H26N4O2S. The average molecular weight is 314 g/mol. The highest BCUT2D eigenvalue weighted by Gasteiger charge is 2.28. The van der Waals surface area contributed by atoms with Crippen molar-refractivity contribution in [3.63, 3.8) is 0 Å². The van der Waals surface area contributed by atoms with Crippen LogP contribution in [0.1, 0.15) is 52.4 Å². The quantitative estimate of drug-likeness (QED) is 0.815. The lowest BCUT2D eigenvalue weighted by Gasteiger charge is -2.22. The highest BCUT2D eigenvalue weighted by Crippen LogP contribution is 2.25. The van der Waals surface area contributed by atoms with E-state index in [1.54, 1.807) is 4.68 Å². The molecule has 0 aromatic carbocycles. The van der Waals surface area contributed by atoms with Crippen molar-refractivity contribution in [3.8, 4) is 0 Å². The molecule has 1 aromatic heterocycles. The number of nitrogens with one attached hydrogen (secondary N) is 1. The van der Waals surface area contributed by atoms with Gasteiger partial charge in [0.05, 0.1) is 0 Å². The molecule has 0 aliphatic heterocycles. The number of aromatic nitrogens is 2. The van der Waals surface area contributed by atoms with Crippen LogP contribution >= 0.6 is 0 Å².